The van der Waals surface area contributed by atoms with E-state index in [0.29, 0.717) is 19.0 Å². The zero-order valence-electron chi connectivity index (χ0n) is 12.2. The average molecular weight is 275 g/mol. The fourth-order valence-electron chi connectivity index (χ4n) is 2.28. The van der Waals surface area contributed by atoms with Gasteiger partial charge in [-0.1, -0.05) is 30.3 Å². The minimum Gasteiger partial charge on any atom is -0.353 e. The van der Waals surface area contributed by atoms with E-state index >= 15 is 0 Å². The minimum atomic E-state index is 0.123. The lowest BCUT2D eigenvalue weighted by Crippen LogP contribution is -2.43. The van der Waals surface area contributed by atoms with Gasteiger partial charge in [-0.25, -0.2) is 0 Å². The van der Waals surface area contributed by atoms with Crippen LogP contribution in [0.4, 0.5) is 0 Å². The van der Waals surface area contributed by atoms with E-state index < -0.39 is 0 Å². The summed E-state index contributed by atoms with van der Waals surface area (Å²) in [5.41, 5.74) is 7.13. The number of nitrogens with zero attached hydrogens (tertiary/aromatic N) is 1. The minimum absolute atomic E-state index is 0.123. The number of rotatable bonds is 8. The molecule has 0 spiro atoms. The van der Waals surface area contributed by atoms with Gasteiger partial charge in [0.25, 0.3) is 0 Å². The van der Waals surface area contributed by atoms with Crippen LogP contribution in [0.15, 0.2) is 30.3 Å². The zero-order chi connectivity index (χ0) is 14.4. The molecule has 3 N–H and O–H groups in total. The zero-order valence-corrected chi connectivity index (χ0v) is 12.2. The maximum absolute atomic E-state index is 11.8. The molecule has 4 nitrogen and oxygen atoms in total. The van der Waals surface area contributed by atoms with Crippen molar-refractivity contribution in [2.75, 3.05) is 20.1 Å². The maximum Gasteiger partial charge on any atom is 0.221 e. The van der Waals surface area contributed by atoms with Gasteiger partial charge in [0.05, 0.1) is 0 Å². The van der Waals surface area contributed by atoms with E-state index in [4.69, 9.17) is 5.73 Å². The molecular weight excluding hydrogens is 250 g/mol. The molecule has 1 amide bonds. The van der Waals surface area contributed by atoms with Crippen LogP contribution in [-0.4, -0.2) is 43.0 Å². The van der Waals surface area contributed by atoms with Crippen molar-refractivity contribution in [3.05, 3.63) is 35.9 Å². The summed E-state index contributed by atoms with van der Waals surface area (Å²) in [6.45, 7) is 1.44. The third kappa shape index (κ3) is 4.94. The largest absolute Gasteiger partial charge is 0.353 e. The van der Waals surface area contributed by atoms with Crippen LogP contribution in [0, 0.1) is 0 Å². The summed E-state index contributed by atoms with van der Waals surface area (Å²) in [4.78, 5) is 14.0. The standard InChI is InChI=1S/C16H25N3O/c1-19(10-9-13-5-3-2-4-6-13)15(12-17)11-16(20)18-14-7-8-14/h2-6,14-15H,7-12,17H2,1H3,(H,18,20). The Bertz CT molecular complexity index is 417. The first-order valence-electron chi connectivity index (χ1n) is 7.42. The van der Waals surface area contributed by atoms with Crippen molar-refractivity contribution in [2.45, 2.75) is 37.8 Å². The lowest BCUT2D eigenvalue weighted by Gasteiger charge is -2.26. The number of nitrogens with one attached hydrogen (secondary N) is 1. The maximum atomic E-state index is 11.8. The Balaban J connectivity index is 1.75. The van der Waals surface area contributed by atoms with E-state index in [1.807, 2.05) is 13.1 Å². The summed E-state index contributed by atoms with van der Waals surface area (Å²) >= 11 is 0. The quantitative estimate of drug-likeness (QED) is 0.748. The molecule has 4 heteroatoms. The molecule has 1 aliphatic rings. The predicted octanol–water partition coefficient (Wildman–Crippen LogP) is 1.16. The van der Waals surface area contributed by atoms with Crippen molar-refractivity contribution >= 4 is 5.91 Å². The number of likely N-dealkylation sites (N-methyl/N-ethyl adjacent to an activating group) is 1. The Kier molecular flexibility index (Phi) is 5.56. The average Bonchev–Trinajstić information content (AvgIpc) is 3.27. The predicted molar refractivity (Wildman–Crippen MR) is 81.4 cm³/mol. The molecule has 0 bridgehead atoms. The van der Waals surface area contributed by atoms with Gasteiger partial charge in [-0.05, 0) is 31.9 Å². The van der Waals surface area contributed by atoms with Crippen molar-refractivity contribution in [3.8, 4) is 0 Å². The third-order valence-corrected chi connectivity index (χ3v) is 3.85. The molecule has 0 heterocycles. The summed E-state index contributed by atoms with van der Waals surface area (Å²) in [6, 6.07) is 10.9. The third-order valence-electron chi connectivity index (χ3n) is 3.85. The SMILES string of the molecule is CN(CCc1ccccc1)C(CN)CC(=O)NC1CC1. The van der Waals surface area contributed by atoms with Gasteiger partial charge in [0.2, 0.25) is 5.91 Å². The molecule has 1 atom stereocenters. The van der Waals surface area contributed by atoms with Gasteiger partial charge in [0.1, 0.15) is 0 Å². The van der Waals surface area contributed by atoms with Gasteiger partial charge in [-0.2, -0.15) is 0 Å². The number of nitrogens with two attached hydrogens (primary N) is 1. The summed E-state index contributed by atoms with van der Waals surface area (Å²) in [5.74, 6) is 0.134. The second-order valence-electron chi connectivity index (χ2n) is 5.65. The van der Waals surface area contributed by atoms with Crippen LogP contribution < -0.4 is 11.1 Å². The van der Waals surface area contributed by atoms with Crippen LogP contribution in [0.5, 0.6) is 0 Å². The fourth-order valence-corrected chi connectivity index (χ4v) is 2.28. The molecule has 1 aliphatic carbocycles. The van der Waals surface area contributed by atoms with Crippen LogP contribution in [0.3, 0.4) is 0 Å². The van der Waals surface area contributed by atoms with E-state index in [1.165, 1.54) is 5.56 Å². The van der Waals surface area contributed by atoms with Crippen molar-refractivity contribution in [3.63, 3.8) is 0 Å². The summed E-state index contributed by atoms with van der Waals surface area (Å²) in [7, 11) is 2.05. The van der Waals surface area contributed by atoms with E-state index in [1.54, 1.807) is 0 Å². The lowest BCUT2D eigenvalue weighted by molar-refractivity contribution is -0.122. The van der Waals surface area contributed by atoms with Crippen molar-refractivity contribution < 1.29 is 4.79 Å². The molecular formula is C16H25N3O. The molecule has 110 valence electrons. The molecule has 2 rings (SSSR count). The van der Waals surface area contributed by atoms with Crippen molar-refractivity contribution in [1.29, 1.82) is 0 Å². The molecule has 1 unspecified atom stereocenters. The number of amides is 1. The Morgan fingerprint density at radius 1 is 1.40 bits per heavy atom. The number of carbonyl (C=O) groups excluding carboxylic acids is 1. The highest BCUT2D eigenvalue weighted by Crippen LogP contribution is 2.19. The second kappa shape index (κ2) is 7.41. The van der Waals surface area contributed by atoms with Crippen LogP contribution in [0.2, 0.25) is 0 Å². The van der Waals surface area contributed by atoms with Gasteiger partial charge in [0.15, 0.2) is 0 Å². The molecule has 1 saturated carbocycles. The van der Waals surface area contributed by atoms with Crippen molar-refractivity contribution in [2.24, 2.45) is 5.73 Å². The molecule has 1 aromatic carbocycles. The van der Waals surface area contributed by atoms with E-state index in [9.17, 15) is 4.79 Å². The van der Waals surface area contributed by atoms with E-state index in [0.717, 1.165) is 25.8 Å². The fraction of sp³-hybridized carbons (Fsp3) is 0.562. The molecule has 0 aromatic heterocycles. The summed E-state index contributed by atoms with van der Waals surface area (Å²) in [5, 5.41) is 3.03. The molecule has 1 aromatic rings. The monoisotopic (exact) mass is 275 g/mol. The van der Waals surface area contributed by atoms with Crippen LogP contribution >= 0.6 is 0 Å². The van der Waals surface area contributed by atoms with E-state index in [-0.39, 0.29) is 11.9 Å². The van der Waals surface area contributed by atoms with Gasteiger partial charge < -0.3 is 16.0 Å². The Morgan fingerprint density at radius 2 is 2.10 bits per heavy atom. The summed E-state index contributed by atoms with van der Waals surface area (Å²) < 4.78 is 0. The summed E-state index contributed by atoms with van der Waals surface area (Å²) in [6.07, 6.45) is 3.74. The first kappa shape index (κ1) is 15.0. The number of carbonyl (C=O) groups is 1. The Morgan fingerprint density at radius 3 is 2.70 bits per heavy atom. The number of benzene rings is 1. The van der Waals surface area contributed by atoms with Crippen LogP contribution in [0.25, 0.3) is 0 Å². The molecule has 0 saturated heterocycles. The first-order chi connectivity index (χ1) is 9.69. The molecule has 1 fully saturated rings. The van der Waals surface area contributed by atoms with Gasteiger partial charge in [0, 0.05) is 31.6 Å². The second-order valence-corrected chi connectivity index (χ2v) is 5.65. The topological polar surface area (TPSA) is 58.4 Å². The van der Waals surface area contributed by atoms with Gasteiger partial charge in [-0.15, -0.1) is 0 Å². The van der Waals surface area contributed by atoms with Gasteiger partial charge in [-0.3, -0.25) is 4.79 Å². The highest BCUT2D eigenvalue weighted by molar-refractivity contribution is 5.77. The smallest absolute Gasteiger partial charge is 0.221 e. The lowest BCUT2D eigenvalue weighted by atomic mass is 10.1. The van der Waals surface area contributed by atoms with Crippen LogP contribution in [0.1, 0.15) is 24.8 Å². The Labute approximate surface area is 121 Å². The van der Waals surface area contributed by atoms with E-state index in [2.05, 4.69) is 34.5 Å². The molecule has 20 heavy (non-hydrogen) atoms. The Hall–Kier alpha value is -1.39. The normalized spacial score (nSPS) is 16.1. The first-order valence-corrected chi connectivity index (χ1v) is 7.42. The number of hydrogen-bond acceptors (Lipinski definition) is 3. The molecule has 0 radical (unpaired) electrons. The van der Waals surface area contributed by atoms with Crippen LogP contribution in [-0.2, 0) is 11.2 Å². The van der Waals surface area contributed by atoms with Gasteiger partial charge >= 0.3 is 0 Å². The molecule has 0 aliphatic heterocycles. The highest BCUT2D eigenvalue weighted by atomic mass is 16.1. The van der Waals surface area contributed by atoms with Crippen molar-refractivity contribution in [1.82, 2.24) is 10.2 Å². The number of hydrogen-bond donors (Lipinski definition) is 2. The highest BCUT2D eigenvalue weighted by Gasteiger charge is 2.25.